The van der Waals surface area contributed by atoms with E-state index in [4.69, 9.17) is 23.8 Å². The zero-order valence-electron chi connectivity index (χ0n) is 12.1. The number of esters is 1. The van der Waals surface area contributed by atoms with Crippen molar-refractivity contribution in [2.45, 2.75) is 0 Å². The van der Waals surface area contributed by atoms with E-state index in [1.807, 2.05) is 0 Å². The molecule has 0 atom stereocenters. The predicted molar refractivity (Wildman–Crippen MR) is 92.9 cm³/mol. The second-order valence-corrected chi connectivity index (χ2v) is 5.28. The SMILES string of the molecule is COC(=O)c1cccc(NC(=S)NC(=O)c2ccccc2Cl)c1. The molecular weight excluding hydrogens is 336 g/mol. The Bertz CT molecular complexity index is 764. The first-order valence-corrected chi connectivity index (χ1v) is 7.35. The summed E-state index contributed by atoms with van der Waals surface area (Å²) in [7, 11) is 1.30. The fourth-order valence-electron chi connectivity index (χ4n) is 1.82. The largest absolute Gasteiger partial charge is 0.465 e. The molecule has 2 rings (SSSR count). The second-order valence-electron chi connectivity index (χ2n) is 4.46. The predicted octanol–water partition coefficient (Wildman–Crippen LogP) is 3.25. The Morgan fingerprint density at radius 3 is 2.57 bits per heavy atom. The fraction of sp³-hybridized carbons (Fsp3) is 0.0625. The quantitative estimate of drug-likeness (QED) is 0.658. The van der Waals surface area contributed by atoms with E-state index in [0.29, 0.717) is 21.8 Å². The van der Waals surface area contributed by atoms with Gasteiger partial charge in [-0.3, -0.25) is 10.1 Å². The van der Waals surface area contributed by atoms with E-state index >= 15 is 0 Å². The fourth-order valence-corrected chi connectivity index (χ4v) is 2.25. The molecule has 0 fully saturated rings. The Kier molecular flexibility index (Phi) is 5.67. The lowest BCUT2D eigenvalue weighted by atomic mass is 10.2. The van der Waals surface area contributed by atoms with Gasteiger partial charge in [0.1, 0.15) is 0 Å². The van der Waals surface area contributed by atoms with Crippen LogP contribution in [0.4, 0.5) is 5.69 Å². The minimum atomic E-state index is -0.459. The van der Waals surface area contributed by atoms with Gasteiger partial charge in [0.05, 0.1) is 23.3 Å². The highest BCUT2D eigenvalue weighted by atomic mass is 35.5. The average Bonchev–Trinajstić information content (AvgIpc) is 2.54. The smallest absolute Gasteiger partial charge is 0.337 e. The van der Waals surface area contributed by atoms with Crippen LogP contribution in [0.25, 0.3) is 0 Å². The van der Waals surface area contributed by atoms with Crippen LogP contribution in [-0.2, 0) is 4.74 Å². The third-order valence-electron chi connectivity index (χ3n) is 2.89. The molecular formula is C16H13ClN2O3S. The molecule has 118 valence electrons. The Labute approximate surface area is 143 Å². The standard InChI is InChI=1S/C16H13ClN2O3S/c1-22-15(21)10-5-4-6-11(9-10)18-16(23)19-14(20)12-7-2-3-8-13(12)17/h2-9H,1H3,(H2,18,19,20,23). The van der Waals surface area contributed by atoms with Crippen LogP contribution < -0.4 is 10.6 Å². The van der Waals surface area contributed by atoms with E-state index in [2.05, 4.69) is 15.4 Å². The normalized spacial score (nSPS) is 9.83. The number of carbonyl (C=O) groups excluding carboxylic acids is 2. The van der Waals surface area contributed by atoms with Gasteiger partial charge in [-0.15, -0.1) is 0 Å². The number of thiocarbonyl (C=S) groups is 1. The Morgan fingerprint density at radius 1 is 1.13 bits per heavy atom. The van der Waals surface area contributed by atoms with Gasteiger partial charge < -0.3 is 10.1 Å². The van der Waals surface area contributed by atoms with Crippen molar-refractivity contribution in [1.82, 2.24) is 5.32 Å². The summed E-state index contributed by atoms with van der Waals surface area (Å²) < 4.78 is 4.65. The molecule has 0 aliphatic rings. The highest BCUT2D eigenvalue weighted by Crippen LogP contribution is 2.15. The molecule has 23 heavy (non-hydrogen) atoms. The Hall–Kier alpha value is -2.44. The second kappa shape index (κ2) is 7.71. The van der Waals surface area contributed by atoms with Crippen molar-refractivity contribution in [2.24, 2.45) is 0 Å². The maximum Gasteiger partial charge on any atom is 0.337 e. The third kappa shape index (κ3) is 4.51. The lowest BCUT2D eigenvalue weighted by Crippen LogP contribution is -2.34. The van der Waals surface area contributed by atoms with Crippen LogP contribution in [0.5, 0.6) is 0 Å². The van der Waals surface area contributed by atoms with Gasteiger partial charge in [-0.2, -0.15) is 0 Å². The van der Waals surface area contributed by atoms with Crippen LogP contribution in [0.15, 0.2) is 48.5 Å². The van der Waals surface area contributed by atoms with Crippen molar-refractivity contribution in [3.63, 3.8) is 0 Å². The molecule has 2 aromatic rings. The summed E-state index contributed by atoms with van der Waals surface area (Å²) in [6, 6.07) is 13.2. The third-order valence-corrected chi connectivity index (χ3v) is 3.42. The van der Waals surface area contributed by atoms with E-state index < -0.39 is 11.9 Å². The maximum absolute atomic E-state index is 12.1. The van der Waals surface area contributed by atoms with E-state index in [1.54, 1.807) is 48.5 Å². The van der Waals surface area contributed by atoms with Crippen molar-refractivity contribution in [3.05, 3.63) is 64.7 Å². The molecule has 0 aromatic heterocycles. The minimum Gasteiger partial charge on any atom is -0.465 e. The first kappa shape index (κ1) is 16.9. The number of ether oxygens (including phenoxy) is 1. The molecule has 0 bridgehead atoms. The molecule has 0 heterocycles. The zero-order valence-corrected chi connectivity index (χ0v) is 13.7. The number of amides is 1. The lowest BCUT2D eigenvalue weighted by molar-refractivity contribution is 0.0600. The number of carbonyl (C=O) groups is 2. The summed E-state index contributed by atoms with van der Waals surface area (Å²) in [6.45, 7) is 0. The Balaban J connectivity index is 2.04. The molecule has 5 nitrogen and oxygen atoms in total. The minimum absolute atomic E-state index is 0.0944. The molecule has 0 radical (unpaired) electrons. The molecule has 0 aliphatic carbocycles. The van der Waals surface area contributed by atoms with Crippen molar-refractivity contribution >= 4 is 46.5 Å². The van der Waals surface area contributed by atoms with Gasteiger partial charge >= 0.3 is 5.97 Å². The molecule has 7 heteroatoms. The summed E-state index contributed by atoms with van der Waals surface area (Å²) in [5, 5.41) is 5.79. The monoisotopic (exact) mass is 348 g/mol. The zero-order chi connectivity index (χ0) is 16.8. The van der Waals surface area contributed by atoms with Crippen LogP contribution in [-0.4, -0.2) is 24.1 Å². The van der Waals surface area contributed by atoms with Crippen LogP contribution >= 0.6 is 23.8 Å². The number of hydrogen-bond donors (Lipinski definition) is 2. The highest BCUT2D eigenvalue weighted by molar-refractivity contribution is 7.80. The van der Waals surface area contributed by atoms with Crippen molar-refractivity contribution in [2.75, 3.05) is 12.4 Å². The average molecular weight is 349 g/mol. The van der Waals surface area contributed by atoms with Crippen molar-refractivity contribution in [1.29, 1.82) is 0 Å². The molecule has 2 N–H and O–H groups in total. The molecule has 2 aromatic carbocycles. The molecule has 0 spiro atoms. The van der Waals surface area contributed by atoms with E-state index in [9.17, 15) is 9.59 Å². The number of halogens is 1. The molecule has 0 saturated heterocycles. The summed E-state index contributed by atoms with van der Waals surface area (Å²) in [5.74, 6) is -0.878. The number of nitrogens with one attached hydrogen (secondary N) is 2. The molecule has 0 unspecified atom stereocenters. The van der Waals surface area contributed by atoms with Crippen molar-refractivity contribution in [3.8, 4) is 0 Å². The topological polar surface area (TPSA) is 67.4 Å². The van der Waals surface area contributed by atoms with E-state index in [0.717, 1.165) is 0 Å². The lowest BCUT2D eigenvalue weighted by Gasteiger charge is -2.11. The van der Waals surface area contributed by atoms with Crippen LogP contribution in [0.1, 0.15) is 20.7 Å². The summed E-state index contributed by atoms with van der Waals surface area (Å²) in [6.07, 6.45) is 0. The molecule has 0 saturated carbocycles. The summed E-state index contributed by atoms with van der Waals surface area (Å²) >= 11 is 11.0. The van der Waals surface area contributed by atoms with Gasteiger partial charge in [-0.1, -0.05) is 29.8 Å². The van der Waals surface area contributed by atoms with Gasteiger partial charge in [-0.05, 0) is 42.5 Å². The van der Waals surface area contributed by atoms with Gasteiger partial charge in [0, 0.05) is 5.69 Å². The first-order valence-electron chi connectivity index (χ1n) is 6.56. The summed E-state index contributed by atoms with van der Waals surface area (Å²) in [5.41, 5.74) is 1.25. The van der Waals surface area contributed by atoms with Gasteiger partial charge in [-0.25, -0.2) is 4.79 Å². The van der Waals surface area contributed by atoms with Crippen LogP contribution in [0.2, 0.25) is 5.02 Å². The van der Waals surface area contributed by atoms with Gasteiger partial charge in [0.25, 0.3) is 5.91 Å². The first-order chi connectivity index (χ1) is 11.0. The van der Waals surface area contributed by atoms with Gasteiger partial charge in [0.15, 0.2) is 5.11 Å². The van der Waals surface area contributed by atoms with Gasteiger partial charge in [0.2, 0.25) is 0 Å². The Morgan fingerprint density at radius 2 is 1.87 bits per heavy atom. The van der Waals surface area contributed by atoms with Crippen LogP contribution in [0.3, 0.4) is 0 Å². The highest BCUT2D eigenvalue weighted by Gasteiger charge is 2.12. The maximum atomic E-state index is 12.1. The number of methoxy groups -OCH3 is 1. The van der Waals surface area contributed by atoms with Crippen molar-refractivity contribution < 1.29 is 14.3 Å². The summed E-state index contributed by atoms with van der Waals surface area (Å²) in [4.78, 5) is 23.6. The number of rotatable bonds is 3. The number of anilines is 1. The molecule has 1 amide bonds. The number of hydrogen-bond acceptors (Lipinski definition) is 4. The van der Waals surface area contributed by atoms with E-state index in [1.165, 1.54) is 7.11 Å². The van der Waals surface area contributed by atoms with Crippen LogP contribution in [0, 0.1) is 0 Å². The number of benzene rings is 2. The molecule has 0 aliphatic heterocycles. The van der Waals surface area contributed by atoms with E-state index in [-0.39, 0.29) is 5.11 Å².